The number of nitrogens with zero attached hydrogens (tertiary/aromatic N) is 2. The Morgan fingerprint density at radius 3 is 2.17 bits per heavy atom. The molecule has 1 aliphatic heterocycles. The molecule has 0 atom stereocenters. The summed E-state index contributed by atoms with van der Waals surface area (Å²) in [6, 6.07) is 13.6. The molecular formula is C22H27N3O4S. The second kappa shape index (κ2) is 8.97. The molecule has 1 heterocycles. The number of amides is 2. The first-order valence-electron chi connectivity index (χ1n) is 9.95. The highest BCUT2D eigenvalue weighted by Crippen LogP contribution is 2.21. The van der Waals surface area contributed by atoms with Crippen molar-refractivity contribution >= 4 is 27.5 Å². The Morgan fingerprint density at radius 2 is 1.60 bits per heavy atom. The van der Waals surface area contributed by atoms with E-state index in [0.29, 0.717) is 30.3 Å². The van der Waals surface area contributed by atoms with Crippen LogP contribution in [0.5, 0.6) is 0 Å². The van der Waals surface area contributed by atoms with Gasteiger partial charge in [0.1, 0.15) is 0 Å². The van der Waals surface area contributed by atoms with Crippen LogP contribution in [0.3, 0.4) is 0 Å². The van der Waals surface area contributed by atoms with E-state index in [1.807, 2.05) is 24.3 Å². The summed E-state index contributed by atoms with van der Waals surface area (Å²) in [6.07, 6.45) is 0. The van der Waals surface area contributed by atoms with Crippen LogP contribution in [0.2, 0.25) is 0 Å². The van der Waals surface area contributed by atoms with Crippen LogP contribution in [0.4, 0.5) is 5.69 Å². The Kier molecular flexibility index (Phi) is 6.58. The SMILES string of the molecule is CC(=O)N1CCN(S(=O)(=O)c2ccc(C(=O)Nc3cccc(C(C)C)c3)cc2)CC1. The summed E-state index contributed by atoms with van der Waals surface area (Å²) in [5.74, 6) is -0.0000683. The molecule has 1 aliphatic rings. The third-order valence-electron chi connectivity index (χ3n) is 5.25. The largest absolute Gasteiger partial charge is 0.340 e. The highest BCUT2D eigenvalue weighted by Gasteiger charge is 2.29. The van der Waals surface area contributed by atoms with E-state index in [2.05, 4.69) is 19.2 Å². The maximum absolute atomic E-state index is 12.9. The third kappa shape index (κ3) is 4.88. The molecule has 1 saturated heterocycles. The molecule has 0 aromatic heterocycles. The van der Waals surface area contributed by atoms with Gasteiger partial charge in [0.05, 0.1) is 4.90 Å². The van der Waals surface area contributed by atoms with E-state index in [1.54, 1.807) is 4.90 Å². The topological polar surface area (TPSA) is 86.8 Å². The highest BCUT2D eigenvalue weighted by atomic mass is 32.2. The summed E-state index contributed by atoms with van der Waals surface area (Å²) >= 11 is 0. The first-order chi connectivity index (χ1) is 14.2. The molecule has 2 aromatic rings. The number of sulfonamides is 1. The molecule has 0 radical (unpaired) electrons. The van der Waals surface area contributed by atoms with E-state index in [4.69, 9.17) is 0 Å². The molecule has 0 unspecified atom stereocenters. The minimum Gasteiger partial charge on any atom is -0.340 e. The van der Waals surface area contributed by atoms with Crippen molar-refractivity contribution in [1.29, 1.82) is 0 Å². The van der Waals surface area contributed by atoms with Crippen molar-refractivity contribution in [3.8, 4) is 0 Å². The van der Waals surface area contributed by atoms with Crippen LogP contribution < -0.4 is 5.32 Å². The lowest BCUT2D eigenvalue weighted by molar-refractivity contribution is -0.129. The smallest absolute Gasteiger partial charge is 0.255 e. The van der Waals surface area contributed by atoms with E-state index in [-0.39, 0.29) is 29.8 Å². The minimum absolute atomic E-state index is 0.0543. The summed E-state index contributed by atoms with van der Waals surface area (Å²) in [7, 11) is -3.66. The number of hydrogen-bond donors (Lipinski definition) is 1. The molecule has 1 N–H and O–H groups in total. The molecule has 8 heteroatoms. The number of carbonyl (C=O) groups excluding carboxylic acids is 2. The van der Waals surface area contributed by atoms with E-state index in [0.717, 1.165) is 5.56 Å². The van der Waals surface area contributed by atoms with E-state index in [1.165, 1.54) is 35.5 Å². The predicted molar refractivity (Wildman–Crippen MR) is 116 cm³/mol. The van der Waals surface area contributed by atoms with Gasteiger partial charge in [0.15, 0.2) is 0 Å². The molecular weight excluding hydrogens is 402 g/mol. The summed E-state index contributed by atoms with van der Waals surface area (Å²) in [5.41, 5.74) is 2.20. The average molecular weight is 430 g/mol. The molecule has 0 spiro atoms. The lowest BCUT2D eigenvalue weighted by atomic mass is 10.0. The van der Waals surface area contributed by atoms with Crippen LogP contribution in [0.1, 0.15) is 42.6 Å². The van der Waals surface area contributed by atoms with Gasteiger partial charge in [0.25, 0.3) is 5.91 Å². The van der Waals surface area contributed by atoms with Crippen LogP contribution >= 0.6 is 0 Å². The van der Waals surface area contributed by atoms with Crippen LogP contribution in [0, 0.1) is 0 Å². The van der Waals surface area contributed by atoms with Gasteiger partial charge < -0.3 is 10.2 Å². The Balaban J connectivity index is 1.69. The van der Waals surface area contributed by atoms with E-state index >= 15 is 0 Å². The van der Waals surface area contributed by atoms with Gasteiger partial charge in [-0.05, 0) is 47.9 Å². The monoisotopic (exact) mass is 429 g/mol. The number of nitrogens with one attached hydrogen (secondary N) is 1. The zero-order valence-corrected chi connectivity index (χ0v) is 18.3. The Bertz CT molecular complexity index is 1020. The first kappa shape index (κ1) is 22.0. The summed E-state index contributed by atoms with van der Waals surface area (Å²) in [4.78, 5) is 25.7. The van der Waals surface area contributed by atoms with Crippen molar-refractivity contribution in [3.63, 3.8) is 0 Å². The number of hydrogen-bond acceptors (Lipinski definition) is 4. The quantitative estimate of drug-likeness (QED) is 0.792. The van der Waals surface area contributed by atoms with Gasteiger partial charge in [-0.15, -0.1) is 0 Å². The third-order valence-corrected chi connectivity index (χ3v) is 7.16. The van der Waals surface area contributed by atoms with Crippen molar-refractivity contribution in [2.75, 3.05) is 31.5 Å². The van der Waals surface area contributed by atoms with Crippen molar-refractivity contribution in [1.82, 2.24) is 9.21 Å². The normalized spacial score (nSPS) is 15.3. The second-order valence-corrected chi connectivity index (χ2v) is 9.61. The van der Waals surface area contributed by atoms with Gasteiger partial charge in [-0.1, -0.05) is 26.0 Å². The predicted octanol–water partition coefficient (Wildman–Crippen LogP) is 2.92. The van der Waals surface area contributed by atoms with Gasteiger partial charge in [-0.2, -0.15) is 4.31 Å². The Labute approximate surface area is 177 Å². The highest BCUT2D eigenvalue weighted by molar-refractivity contribution is 7.89. The molecule has 2 aromatic carbocycles. The van der Waals surface area contributed by atoms with Crippen LogP contribution in [0.15, 0.2) is 53.4 Å². The number of carbonyl (C=O) groups is 2. The van der Waals surface area contributed by atoms with Crippen LogP contribution in [-0.2, 0) is 14.8 Å². The number of rotatable bonds is 5. The molecule has 7 nitrogen and oxygen atoms in total. The fourth-order valence-electron chi connectivity index (χ4n) is 3.35. The average Bonchev–Trinajstić information content (AvgIpc) is 2.74. The van der Waals surface area contributed by atoms with Gasteiger partial charge >= 0.3 is 0 Å². The molecule has 1 fully saturated rings. The summed E-state index contributed by atoms with van der Waals surface area (Å²) in [6.45, 7) is 6.93. The van der Waals surface area contributed by atoms with Crippen molar-refractivity contribution in [2.45, 2.75) is 31.6 Å². The fraction of sp³-hybridized carbons (Fsp3) is 0.364. The van der Waals surface area contributed by atoms with Gasteiger partial charge in [0, 0.05) is 44.4 Å². The molecule has 0 aliphatic carbocycles. The molecule has 0 bridgehead atoms. The van der Waals surface area contributed by atoms with Gasteiger partial charge in [-0.25, -0.2) is 8.42 Å². The molecule has 2 amide bonds. The fourth-order valence-corrected chi connectivity index (χ4v) is 4.77. The van der Waals surface area contributed by atoms with Crippen molar-refractivity contribution in [2.24, 2.45) is 0 Å². The zero-order valence-electron chi connectivity index (χ0n) is 17.5. The molecule has 0 saturated carbocycles. The van der Waals surface area contributed by atoms with Crippen LogP contribution in [-0.4, -0.2) is 55.6 Å². The zero-order chi connectivity index (χ0) is 21.9. The lowest BCUT2D eigenvalue weighted by Gasteiger charge is -2.33. The molecule has 30 heavy (non-hydrogen) atoms. The Morgan fingerprint density at radius 1 is 0.967 bits per heavy atom. The van der Waals surface area contributed by atoms with E-state index in [9.17, 15) is 18.0 Å². The maximum Gasteiger partial charge on any atom is 0.255 e. The lowest BCUT2D eigenvalue weighted by Crippen LogP contribution is -2.49. The number of piperazine rings is 1. The van der Waals surface area contributed by atoms with Gasteiger partial charge in [-0.3, -0.25) is 9.59 Å². The number of benzene rings is 2. The van der Waals surface area contributed by atoms with Crippen LogP contribution in [0.25, 0.3) is 0 Å². The molecule has 3 rings (SSSR count). The first-order valence-corrected chi connectivity index (χ1v) is 11.4. The molecule has 160 valence electrons. The standard InChI is InChI=1S/C22H27N3O4S/c1-16(2)19-5-4-6-20(15-19)23-22(27)18-7-9-21(10-8-18)30(28,29)25-13-11-24(12-14-25)17(3)26/h4-10,15-16H,11-14H2,1-3H3,(H,23,27). The summed E-state index contributed by atoms with van der Waals surface area (Å²) in [5, 5.41) is 2.85. The van der Waals surface area contributed by atoms with Crippen molar-refractivity contribution < 1.29 is 18.0 Å². The van der Waals surface area contributed by atoms with Crippen molar-refractivity contribution in [3.05, 3.63) is 59.7 Å². The Hall–Kier alpha value is -2.71. The second-order valence-electron chi connectivity index (χ2n) is 7.67. The summed E-state index contributed by atoms with van der Waals surface area (Å²) < 4.78 is 27.1. The minimum atomic E-state index is -3.66. The van der Waals surface area contributed by atoms with E-state index < -0.39 is 10.0 Å². The van der Waals surface area contributed by atoms with Gasteiger partial charge in [0.2, 0.25) is 15.9 Å². The number of anilines is 1. The maximum atomic E-state index is 12.9.